The molecule has 2 aliphatic heterocycles. The van der Waals surface area contributed by atoms with E-state index >= 15 is 0 Å². The van der Waals surface area contributed by atoms with Crippen LogP contribution in [0.15, 0.2) is 0 Å². The fourth-order valence-corrected chi connectivity index (χ4v) is 4.54. The van der Waals surface area contributed by atoms with E-state index in [0.29, 0.717) is 17.9 Å². The minimum atomic E-state index is 0.466. The Morgan fingerprint density at radius 3 is 2.24 bits per heavy atom. The zero-order chi connectivity index (χ0) is 14.5. The molecule has 1 aliphatic carbocycles. The van der Waals surface area contributed by atoms with Gasteiger partial charge in [0.05, 0.1) is 0 Å². The smallest absolute Gasteiger partial charge is 0.223 e. The Morgan fingerprint density at radius 1 is 0.810 bits per heavy atom. The predicted octanol–water partition coefficient (Wildman–Crippen LogP) is 3.43. The van der Waals surface area contributed by atoms with Crippen LogP contribution >= 0.6 is 0 Å². The van der Waals surface area contributed by atoms with Crippen LogP contribution in [0, 0.1) is 5.92 Å². The first-order valence-electron chi connectivity index (χ1n) is 9.35. The molecular formula is C18H32N2O. The van der Waals surface area contributed by atoms with E-state index in [1.54, 1.807) is 0 Å². The second kappa shape index (κ2) is 7.62. The van der Waals surface area contributed by atoms with Crippen LogP contribution in [-0.4, -0.2) is 47.9 Å². The molecule has 0 N–H and O–H groups in total. The molecule has 0 aromatic heterocycles. The SMILES string of the molecule is O=C(CC1CCCC1)N1CCCCCC1CN1CCCC1. The van der Waals surface area contributed by atoms with Gasteiger partial charge < -0.3 is 9.80 Å². The maximum atomic E-state index is 12.8. The summed E-state index contributed by atoms with van der Waals surface area (Å²) in [7, 11) is 0. The molecule has 0 aromatic carbocycles. The Bertz CT molecular complexity index is 332. The highest BCUT2D eigenvalue weighted by Gasteiger charge is 2.29. The predicted molar refractivity (Wildman–Crippen MR) is 86.2 cm³/mol. The molecule has 2 heterocycles. The number of nitrogens with zero attached hydrogens (tertiary/aromatic N) is 2. The molecule has 1 saturated carbocycles. The summed E-state index contributed by atoms with van der Waals surface area (Å²) in [4.78, 5) is 17.7. The third-order valence-electron chi connectivity index (χ3n) is 5.80. The van der Waals surface area contributed by atoms with Crippen molar-refractivity contribution in [2.24, 2.45) is 5.92 Å². The topological polar surface area (TPSA) is 23.6 Å². The van der Waals surface area contributed by atoms with Crippen LogP contribution in [-0.2, 0) is 4.79 Å². The summed E-state index contributed by atoms with van der Waals surface area (Å²) in [6.45, 7) is 4.66. The van der Waals surface area contributed by atoms with Crippen molar-refractivity contribution in [2.45, 2.75) is 76.7 Å². The van der Waals surface area contributed by atoms with Crippen molar-refractivity contribution >= 4 is 5.91 Å². The number of hydrogen-bond acceptors (Lipinski definition) is 2. The second-order valence-corrected chi connectivity index (χ2v) is 7.45. The number of carbonyl (C=O) groups is 1. The van der Waals surface area contributed by atoms with E-state index in [1.807, 2.05) is 0 Å². The van der Waals surface area contributed by atoms with E-state index in [2.05, 4.69) is 9.80 Å². The van der Waals surface area contributed by atoms with Gasteiger partial charge in [0.15, 0.2) is 0 Å². The quantitative estimate of drug-likeness (QED) is 0.792. The van der Waals surface area contributed by atoms with E-state index in [-0.39, 0.29) is 0 Å². The number of amides is 1. The van der Waals surface area contributed by atoms with Crippen molar-refractivity contribution in [1.82, 2.24) is 9.80 Å². The van der Waals surface area contributed by atoms with E-state index in [1.165, 1.54) is 77.3 Å². The molecule has 3 nitrogen and oxygen atoms in total. The first-order valence-corrected chi connectivity index (χ1v) is 9.35. The normalized spacial score (nSPS) is 29.0. The Balaban J connectivity index is 1.58. The van der Waals surface area contributed by atoms with Crippen molar-refractivity contribution < 1.29 is 4.79 Å². The van der Waals surface area contributed by atoms with Gasteiger partial charge >= 0.3 is 0 Å². The lowest BCUT2D eigenvalue weighted by Gasteiger charge is -2.33. The molecule has 21 heavy (non-hydrogen) atoms. The van der Waals surface area contributed by atoms with Crippen LogP contribution in [0.4, 0.5) is 0 Å². The highest BCUT2D eigenvalue weighted by atomic mass is 16.2. The summed E-state index contributed by atoms with van der Waals surface area (Å²) in [5.41, 5.74) is 0. The first kappa shape index (κ1) is 15.3. The summed E-state index contributed by atoms with van der Waals surface area (Å²) >= 11 is 0. The largest absolute Gasteiger partial charge is 0.338 e. The lowest BCUT2D eigenvalue weighted by Crippen LogP contribution is -2.46. The molecular weight excluding hydrogens is 260 g/mol. The van der Waals surface area contributed by atoms with Crippen molar-refractivity contribution in [3.05, 3.63) is 0 Å². The van der Waals surface area contributed by atoms with Crippen LogP contribution in [0.5, 0.6) is 0 Å². The summed E-state index contributed by atoms with van der Waals surface area (Å²) < 4.78 is 0. The average Bonchev–Trinajstić information content (AvgIpc) is 3.11. The van der Waals surface area contributed by atoms with Crippen molar-refractivity contribution in [1.29, 1.82) is 0 Å². The molecule has 3 heteroatoms. The monoisotopic (exact) mass is 292 g/mol. The number of rotatable bonds is 4. The van der Waals surface area contributed by atoms with Gasteiger partial charge in [0.1, 0.15) is 0 Å². The van der Waals surface area contributed by atoms with E-state index in [9.17, 15) is 4.79 Å². The molecule has 1 amide bonds. The third-order valence-corrected chi connectivity index (χ3v) is 5.80. The van der Waals surface area contributed by atoms with Crippen LogP contribution in [0.3, 0.4) is 0 Å². The molecule has 3 aliphatic rings. The van der Waals surface area contributed by atoms with Gasteiger partial charge in [-0.2, -0.15) is 0 Å². The van der Waals surface area contributed by atoms with Crippen LogP contribution < -0.4 is 0 Å². The van der Waals surface area contributed by atoms with Crippen molar-refractivity contribution in [2.75, 3.05) is 26.2 Å². The van der Waals surface area contributed by atoms with E-state index < -0.39 is 0 Å². The van der Waals surface area contributed by atoms with Gasteiger partial charge in [0, 0.05) is 25.6 Å². The van der Waals surface area contributed by atoms with Crippen molar-refractivity contribution in [3.63, 3.8) is 0 Å². The molecule has 120 valence electrons. The Morgan fingerprint density at radius 2 is 1.48 bits per heavy atom. The fraction of sp³-hybridized carbons (Fsp3) is 0.944. The van der Waals surface area contributed by atoms with Gasteiger partial charge in [-0.1, -0.05) is 25.7 Å². The fourth-order valence-electron chi connectivity index (χ4n) is 4.54. The molecule has 0 spiro atoms. The van der Waals surface area contributed by atoms with Gasteiger partial charge in [-0.25, -0.2) is 0 Å². The van der Waals surface area contributed by atoms with E-state index in [4.69, 9.17) is 0 Å². The van der Waals surface area contributed by atoms with Gasteiger partial charge in [-0.15, -0.1) is 0 Å². The summed E-state index contributed by atoms with van der Waals surface area (Å²) in [5, 5.41) is 0. The Labute approximate surface area is 130 Å². The standard InChI is InChI=1S/C18H32N2O/c21-18(14-16-8-3-4-9-16)20-13-5-1-2-10-17(20)15-19-11-6-7-12-19/h16-17H,1-15H2. The maximum absolute atomic E-state index is 12.8. The highest BCUT2D eigenvalue weighted by molar-refractivity contribution is 5.77. The zero-order valence-corrected chi connectivity index (χ0v) is 13.6. The lowest BCUT2D eigenvalue weighted by molar-refractivity contribution is -0.134. The lowest BCUT2D eigenvalue weighted by atomic mass is 10.0. The third kappa shape index (κ3) is 4.21. The molecule has 2 saturated heterocycles. The molecule has 0 bridgehead atoms. The molecule has 0 aromatic rings. The van der Waals surface area contributed by atoms with E-state index in [0.717, 1.165) is 19.5 Å². The summed E-state index contributed by atoms with van der Waals surface area (Å²) in [5.74, 6) is 1.15. The van der Waals surface area contributed by atoms with Crippen LogP contribution in [0.2, 0.25) is 0 Å². The minimum Gasteiger partial charge on any atom is -0.338 e. The Kier molecular flexibility index (Phi) is 5.56. The Hall–Kier alpha value is -0.570. The number of likely N-dealkylation sites (tertiary alicyclic amines) is 2. The second-order valence-electron chi connectivity index (χ2n) is 7.45. The maximum Gasteiger partial charge on any atom is 0.223 e. The summed E-state index contributed by atoms with van der Waals surface area (Å²) in [6, 6.07) is 0.500. The van der Waals surface area contributed by atoms with Gasteiger partial charge in [0.2, 0.25) is 5.91 Å². The highest BCUT2D eigenvalue weighted by Crippen LogP contribution is 2.29. The van der Waals surface area contributed by atoms with Gasteiger partial charge in [0.25, 0.3) is 0 Å². The van der Waals surface area contributed by atoms with Gasteiger partial charge in [-0.05, 0) is 57.5 Å². The molecule has 3 fully saturated rings. The molecule has 3 rings (SSSR count). The average molecular weight is 292 g/mol. The molecule has 1 unspecified atom stereocenters. The van der Waals surface area contributed by atoms with Crippen LogP contribution in [0.1, 0.15) is 70.6 Å². The number of hydrogen-bond donors (Lipinski definition) is 0. The summed E-state index contributed by atoms with van der Waals surface area (Å²) in [6.07, 6.45) is 13.9. The first-order chi connectivity index (χ1) is 10.3. The molecule has 0 radical (unpaired) electrons. The number of carbonyl (C=O) groups excluding carboxylic acids is 1. The zero-order valence-electron chi connectivity index (χ0n) is 13.6. The van der Waals surface area contributed by atoms with Crippen LogP contribution in [0.25, 0.3) is 0 Å². The minimum absolute atomic E-state index is 0.466. The van der Waals surface area contributed by atoms with Gasteiger partial charge in [-0.3, -0.25) is 4.79 Å². The van der Waals surface area contributed by atoms with Crippen molar-refractivity contribution in [3.8, 4) is 0 Å². The molecule has 1 atom stereocenters.